The molecule has 26 heavy (non-hydrogen) atoms. The lowest BCUT2D eigenvalue weighted by Gasteiger charge is -2.47. The number of likely N-dealkylation sites (tertiary alicyclic amines) is 1. The van der Waals surface area contributed by atoms with E-state index in [1.165, 1.54) is 11.1 Å². The number of aryl methyl sites for hydroxylation is 2. The van der Waals surface area contributed by atoms with Crippen molar-refractivity contribution in [3.05, 3.63) is 47.1 Å². The van der Waals surface area contributed by atoms with E-state index in [1.807, 2.05) is 32.3 Å². The molecule has 0 saturated carbocycles. The molecule has 0 radical (unpaired) electrons. The van der Waals surface area contributed by atoms with Crippen LogP contribution in [0.2, 0.25) is 0 Å². The van der Waals surface area contributed by atoms with Crippen LogP contribution in [-0.2, 0) is 17.8 Å². The maximum absolute atomic E-state index is 6.29. The van der Waals surface area contributed by atoms with Gasteiger partial charge in [0.15, 0.2) is 0 Å². The molecule has 1 spiro atoms. The highest BCUT2D eigenvalue weighted by Gasteiger charge is 2.39. The Kier molecular flexibility index (Phi) is 5.07. The van der Waals surface area contributed by atoms with Crippen molar-refractivity contribution < 1.29 is 9.26 Å². The number of rotatable bonds is 4. The fraction of sp³-hybridized carbons (Fsp3) is 0.600. The Morgan fingerprint density at radius 3 is 2.65 bits per heavy atom. The van der Waals surface area contributed by atoms with Gasteiger partial charge in [-0.1, -0.05) is 11.2 Å². The minimum absolute atomic E-state index is 0.00962. The highest BCUT2D eigenvalue weighted by Crippen LogP contribution is 2.31. The molecule has 2 aliphatic rings. The molecule has 6 nitrogen and oxygen atoms in total. The van der Waals surface area contributed by atoms with E-state index in [2.05, 4.69) is 26.0 Å². The second-order valence-corrected chi connectivity index (χ2v) is 7.68. The molecule has 0 aliphatic carbocycles. The summed E-state index contributed by atoms with van der Waals surface area (Å²) in [5.41, 5.74) is 3.54. The normalized spacial score (nSPS) is 21.3. The minimum atomic E-state index is 0.00962. The summed E-state index contributed by atoms with van der Waals surface area (Å²) < 4.78 is 11.6. The molecular weight excluding hydrogens is 328 g/mol. The molecule has 2 fully saturated rings. The summed E-state index contributed by atoms with van der Waals surface area (Å²) in [5, 5.41) is 4.08. The largest absolute Gasteiger partial charge is 0.372 e. The van der Waals surface area contributed by atoms with E-state index in [4.69, 9.17) is 9.26 Å². The van der Waals surface area contributed by atoms with E-state index in [1.54, 1.807) is 0 Å². The zero-order valence-corrected chi connectivity index (χ0v) is 15.8. The van der Waals surface area contributed by atoms with E-state index < -0.39 is 0 Å². The summed E-state index contributed by atoms with van der Waals surface area (Å²) >= 11 is 0. The number of ether oxygens (including phenoxy) is 1. The van der Waals surface area contributed by atoms with Crippen LogP contribution in [0.25, 0.3) is 0 Å². The van der Waals surface area contributed by atoms with Gasteiger partial charge in [0.25, 0.3) is 0 Å². The first-order valence-corrected chi connectivity index (χ1v) is 9.53. The van der Waals surface area contributed by atoms with Gasteiger partial charge in [0, 0.05) is 57.2 Å². The summed E-state index contributed by atoms with van der Waals surface area (Å²) in [4.78, 5) is 9.26. The molecule has 0 atom stereocenters. The van der Waals surface area contributed by atoms with Gasteiger partial charge in [-0.05, 0) is 38.3 Å². The number of piperidine rings is 1. The van der Waals surface area contributed by atoms with Crippen molar-refractivity contribution in [1.82, 2.24) is 19.9 Å². The number of aromatic nitrogens is 2. The van der Waals surface area contributed by atoms with Crippen LogP contribution in [0.1, 0.15) is 35.4 Å². The third-order valence-corrected chi connectivity index (χ3v) is 5.79. The van der Waals surface area contributed by atoms with Gasteiger partial charge >= 0.3 is 0 Å². The predicted molar refractivity (Wildman–Crippen MR) is 98.7 cm³/mol. The second-order valence-electron chi connectivity index (χ2n) is 7.68. The van der Waals surface area contributed by atoms with Crippen molar-refractivity contribution in [1.29, 1.82) is 0 Å². The quantitative estimate of drug-likeness (QED) is 0.839. The van der Waals surface area contributed by atoms with Crippen LogP contribution in [0.3, 0.4) is 0 Å². The molecule has 4 rings (SSSR count). The van der Waals surface area contributed by atoms with Gasteiger partial charge in [-0.25, -0.2) is 0 Å². The highest BCUT2D eigenvalue weighted by atomic mass is 16.5. The van der Waals surface area contributed by atoms with Gasteiger partial charge in [0.2, 0.25) is 0 Å². The Bertz CT molecular complexity index is 703. The van der Waals surface area contributed by atoms with Crippen molar-refractivity contribution in [2.45, 2.75) is 45.4 Å². The van der Waals surface area contributed by atoms with Gasteiger partial charge < -0.3 is 9.26 Å². The third-order valence-electron chi connectivity index (χ3n) is 5.79. The number of nitrogens with zero attached hydrogens (tertiary/aromatic N) is 4. The van der Waals surface area contributed by atoms with E-state index >= 15 is 0 Å². The van der Waals surface area contributed by atoms with Crippen LogP contribution in [-0.4, -0.2) is 58.3 Å². The molecule has 6 heteroatoms. The monoisotopic (exact) mass is 356 g/mol. The lowest BCUT2D eigenvalue weighted by Crippen LogP contribution is -2.56. The van der Waals surface area contributed by atoms with Crippen molar-refractivity contribution in [2.75, 3.05) is 32.8 Å². The maximum atomic E-state index is 6.29. The Morgan fingerprint density at radius 2 is 1.96 bits per heavy atom. The molecular formula is C20H28N4O2. The first-order valence-electron chi connectivity index (χ1n) is 9.53. The molecule has 0 N–H and O–H groups in total. The van der Waals surface area contributed by atoms with Crippen molar-refractivity contribution in [3.63, 3.8) is 0 Å². The SMILES string of the molecule is Cc1noc(C)c1CN1CCC2(CC1)CN(Cc1cccnc1)CCO2. The molecule has 140 valence electrons. The minimum Gasteiger partial charge on any atom is -0.372 e. The van der Waals surface area contributed by atoms with E-state index in [0.717, 1.165) is 70.2 Å². The van der Waals surface area contributed by atoms with Crippen molar-refractivity contribution in [3.8, 4) is 0 Å². The van der Waals surface area contributed by atoms with Gasteiger partial charge in [0.1, 0.15) is 5.76 Å². The Hall–Kier alpha value is -1.76. The van der Waals surface area contributed by atoms with E-state index in [0.29, 0.717) is 0 Å². The van der Waals surface area contributed by atoms with E-state index in [-0.39, 0.29) is 5.60 Å². The molecule has 0 bridgehead atoms. The Labute approximate surface area is 155 Å². The van der Waals surface area contributed by atoms with Crippen LogP contribution in [0.5, 0.6) is 0 Å². The van der Waals surface area contributed by atoms with Crippen LogP contribution in [0.4, 0.5) is 0 Å². The molecule has 4 heterocycles. The molecule has 0 amide bonds. The van der Waals surface area contributed by atoms with Crippen LogP contribution in [0.15, 0.2) is 29.0 Å². The number of hydrogen-bond donors (Lipinski definition) is 0. The fourth-order valence-electron chi connectivity index (χ4n) is 4.18. The lowest BCUT2D eigenvalue weighted by atomic mass is 9.89. The topological polar surface area (TPSA) is 54.6 Å². The molecule has 2 aromatic heterocycles. The van der Waals surface area contributed by atoms with Crippen molar-refractivity contribution >= 4 is 0 Å². The third kappa shape index (κ3) is 3.82. The zero-order chi connectivity index (χ0) is 18.0. The fourth-order valence-corrected chi connectivity index (χ4v) is 4.18. The molecule has 0 unspecified atom stereocenters. The maximum Gasteiger partial charge on any atom is 0.138 e. The summed E-state index contributed by atoms with van der Waals surface area (Å²) in [6, 6.07) is 4.17. The number of hydrogen-bond acceptors (Lipinski definition) is 6. The average Bonchev–Trinajstić information content (AvgIpc) is 2.97. The first kappa shape index (κ1) is 17.6. The smallest absolute Gasteiger partial charge is 0.138 e. The number of morpholine rings is 1. The molecule has 2 saturated heterocycles. The van der Waals surface area contributed by atoms with Crippen LogP contribution in [0, 0.1) is 13.8 Å². The average molecular weight is 356 g/mol. The molecule has 0 aromatic carbocycles. The lowest BCUT2D eigenvalue weighted by molar-refractivity contribution is -0.138. The van der Waals surface area contributed by atoms with E-state index in [9.17, 15) is 0 Å². The first-order chi connectivity index (χ1) is 12.6. The summed E-state index contributed by atoms with van der Waals surface area (Å²) in [5.74, 6) is 0.944. The van der Waals surface area contributed by atoms with Crippen LogP contribution >= 0.6 is 0 Å². The Morgan fingerprint density at radius 1 is 1.12 bits per heavy atom. The van der Waals surface area contributed by atoms with Crippen molar-refractivity contribution in [2.24, 2.45) is 0 Å². The highest BCUT2D eigenvalue weighted by molar-refractivity contribution is 5.20. The molecule has 2 aliphatic heterocycles. The van der Waals surface area contributed by atoms with Gasteiger partial charge in [-0.2, -0.15) is 0 Å². The standard InChI is InChI=1S/C20H28N4O2/c1-16-19(17(2)26-22-16)14-23-8-5-20(6-9-23)15-24(10-11-25-20)13-18-4-3-7-21-12-18/h3-4,7,12H,5-6,8-11,13-15H2,1-2H3. The second kappa shape index (κ2) is 7.47. The summed E-state index contributed by atoms with van der Waals surface area (Å²) in [7, 11) is 0. The van der Waals surface area contributed by atoms with Crippen LogP contribution < -0.4 is 0 Å². The van der Waals surface area contributed by atoms with Gasteiger partial charge in [-0.3, -0.25) is 14.8 Å². The Balaban J connectivity index is 1.34. The van der Waals surface area contributed by atoms with Gasteiger partial charge in [0.05, 0.1) is 17.9 Å². The zero-order valence-electron chi connectivity index (χ0n) is 15.8. The van der Waals surface area contributed by atoms with Gasteiger partial charge in [-0.15, -0.1) is 0 Å². The summed E-state index contributed by atoms with van der Waals surface area (Å²) in [6.45, 7) is 10.9. The molecule has 2 aromatic rings. The predicted octanol–water partition coefficient (Wildman–Crippen LogP) is 2.55. The number of pyridine rings is 1. The summed E-state index contributed by atoms with van der Waals surface area (Å²) in [6.07, 6.45) is 5.97.